The van der Waals surface area contributed by atoms with Crippen molar-refractivity contribution in [1.29, 1.82) is 5.26 Å². The van der Waals surface area contributed by atoms with Crippen molar-refractivity contribution in [2.24, 2.45) is 5.92 Å². The minimum Gasteiger partial charge on any atom is -0.461 e. The molecule has 9 rings (SSSR count). The van der Waals surface area contributed by atoms with Crippen LogP contribution in [0.15, 0.2) is 24.5 Å². The Morgan fingerprint density at radius 3 is 2.79 bits per heavy atom. The van der Waals surface area contributed by atoms with Gasteiger partial charge in [-0.15, -0.1) is 16.4 Å². The number of benzene rings is 2. The zero-order chi connectivity index (χ0) is 40.1. The molecule has 2 aromatic carbocycles. The fourth-order valence-electron chi connectivity index (χ4n) is 9.54. The molecule has 4 saturated heterocycles. The van der Waals surface area contributed by atoms with Gasteiger partial charge in [-0.25, -0.2) is 22.9 Å². The molecule has 0 aliphatic carbocycles. The second-order valence-corrected chi connectivity index (χ2v) is 17.6. The zero-order valence-electron chi connectivity index (χ0n) is 31.1. The van der Waals surface area contributed by atoms with Crippen molar-refractivity contribution in [3.63, 3.8) is 0 Å². The number of ether oxygens (including phenoxy) is 2. The molecule has 19 heteroatoms. The third-order valence-electron chi connectivity index (χ3n) is 12.0. The highest BCUT2D eigenvalue weighted by molar-refractivity contribution is 7.23. The summed E-state index contributed by atoms with van der Waals surface area (Å²) in [4.78, 5) is 32.8. The average Bonchev–Trinajstić information content (AvgIpc) is 3.92. The monoisotopic (exact) mass is 840 g/mol. The van der Waals surface area contributed by atoms with E-state index >= 15 is 8.78 Å². The number of nitriles is 1. The quantitative estimate of drug-likeness (QED) is 0.187. The molecule has 0 unspecified atom stereocenters. The van der Waals surface area contributed by atoms with Crippen LogP contribution in [0.1, 0.15) is 45.6 Å². The molecule has 4 aliphatic rings. The molecule has 0 bridgehead atoms. The summed E-state index contributed by atoms with van der Waals surface area (Å²) in [6.07, 6.45) is 2.22. The Morgan fingerprint density at radius 2 is 2.05 bits per heavy atom. The number of anilines is 2. The summed E-state index contributed by atoms with van der Waals surface area (Å²) < 4.78 is 61.4. The van der Waals surface area contributed by atoms with E-state index in [1.54, 1.807) is 11.0 Å². The minimum atomic E-state index is -0.990. The average molecular weight is 842 g/mol. The Morgan fingerprint density at radius 1 is 1.25 bits per heavy atom. The second-order valence-electron chi connectivity index (χ2n) is 15.8. The fourth-order valence-corrected chi connectivity index (χ4v) is 10.9. The minimum absolute atomic E-state index is 0.0163. The lowest BCUT2D eigenvalue weighted by Gasteiger charge is -2.62. The lowest BCUT2D eigenvalue weighted by molar-refractivity contribution is -0.192. The SMILES string of the molecule is CC(C)[C@H]1N(C(=O)n2cnc(Cl)n2)C[C@@]12CN(c1nc(OC[C@@]34CCCN3C[C@H](F)C4)nc3c(F)c(-c4ccc(F)c5sc(N)c(C#N)c45)c(Cl)cc13)[C@H](C)CO2. The van der Waals surface area contributed by atoms with E-state index in [0.29, 0.717) is 18.8 Å². The summed E-state index contributed by atoms with van der Waals surface area (Å²) in [5.74, 6) is -1.17. The van der Waals surface area contributed by atoms with Crippen molar-refractivity contribution in [2.75, 3.05) is 50.0 Å². The maximum absolute atomic E-state index is 17.4. The Hall–Kier alpha value is -4.47. The lowest BCUT2D eigenvalue weighted by atomic mass is 9.75. The van der Waals surface area contributed by atoms with E-state index in [4.69, 9.17) is 43.4 Å². The van der Waals surface area contributed by atoms with E-state index in [2.05, 4.69) is 20.0 Å². The number of rotatable bonds is 6. The lowest BCUT2D eigenvalue weighted by Crippen LogP contribution is -2.79. The number of hydrogen-bond donors (Lipinski definition) is 1. The molecule has 1 amide bonds. The molecule has 0 saturated carbocycles. The molecule has 4 aliphatic heterocycles. The number of nitrogen functional groups attached to an aromatic ring is 1. The van der Waals surface area contributed by atoms with Gasteiger partial charge in [-0.1, -0.05) is 31.5 Å². The number of carbonyl (C=O) groups is 1. The van der Waals surface area contributed by atoms with Crippen LogP contribution < -0.4 is 15.4 Å². The predicted octanol–water partition coefficient (Wildman–Crippen LogP) is 7.07. The van der Waals surface area contributed by atoms with Crippen LogP contribution in [-0.2, 0) is 4.74 Å². The van der Waals surface area contributed by atoms with Crippen molar-refractivity contribution in [1.82, 2.24) is 34.5 Å². The Kier molecular flexibility index (Phi) is 9.24. The van der Waals surface area contributed by atoms with Crippen molar-refractivity contribution < 1.29 is 27.4 Å². The summed E-state index contributed by atoms with van der Waals surface area (Å²) in [5.41, 5.74) is 4.71. The highest BCUT2D eigenvalue weighted by atomic mass is 35.5. The van der Waals surface area contributed by atoms with Crippen LogP contribution in [0.25, 0.3) is 32.1 Å². The molecule has 5 atom stereocenters. The molecular weight excluding hydrogens is 804 g/mol. The van der Waals surface area contributed by atoms with Gasteiger partial charge in [-0.3, -0.25) is 4.90 Å². The van der Waals surface area contributed by atoms with Crippen LogP contribution in [0.5, 0.6) is 6.01 Å². The normalized spacial score (nSPS) is 26.1. The van der Waals surface area contributed by atoms with Crippen LogP contribution in [-0.4, -0.2) is 109 Å². The number of fused-ring (bicyclic) bond motifs is 3. The van der Waals surface area contributed by atoms with Crippen molar-refractivity contribution in [3.8, 4) is 23.2 Å². The number of nitrogens with zero attached hydrogens (tertiary/aromatic N) is 9. The highest BCUT2D eigenvalue weighted by Crippen LogP contribution is 2.48. The number of carbonyl (C=O) groups excluding carboxylic acids is 1. The number of aromatic nitrogens is 5. The molecule has 3 aromatic heterocycles. The van der Waals surface area contributed by atoms with Gasteiger partial charge in [-0.2, -0.15) is 19.9 Å². The van der Waals surface area contributed by atoms with Crippen LogP contribution in [0.2, 0.25) is 10.3 Å². The molecule has 7 heterocycles. The summed E-state index contributed by atoms with van der Waals surface area (Å²) in [5, 5.41) is 14.4. The van der Waals surface area contributed by atoms with Crippen LogP contribution >= 0.6 is 34.5 Å². The molecule has 5 aromatic rings. The number of morpholine rings is 1. The third-order valence-corrected chi connectivity index (χ3v) is 13.5. The Bertz CT molecular complexity index is 2520. The van der Waals surface area contributed by atoms with Gasteiger partial charge in [0, 0.05) is 29.3 Å². The van der Waals surface area contributed by atoms with E-state index in [0.717, 1.165) is 35.4 Å². The molecule has 1 spiro atoms. The molecule has 298 valence electrons. The first-order chi connectivity index (χ1) is 27.2. The number of halogens is 5. The van der Waals surface area contributed by atoms with Gasteiger partial charge < -0.3 is 25.0 Å². The van der Waals surface area contributed by atoms with Gasteiger partial charge in [0.1, 0.15) is 52.9 Å². The molecule has 0 radical (unpaired) electrons. The smallest absolute Gasteiger partial charge is 0.346 e. The first kappa shape index (κ1) is 38.1. The van der Waals surface area contributed by atoms with Crippen molar-refractivity contribution in [3.05, 3.63) is 52.0 Å². The van der Waals surface area contributed by atoms with E-state index in [1.807, 2.05) is 31.7 Å². The van der Waals surface area contributed by atoms with Gasteiger partial charge in [0.05, 0.1) is 52.6 Å². The maximum atomic E-state index is 17.4. The summed E-state index contributed by atoms with van der Waals surface area (Å²) in [7, 11) is 0. The number of alkyl halides is 1. The number of hydrogen-bond acceptors (Lipinski definition) is 12. The predicted molar refractivity (Wildman–Crippen MR) is 210 cm³/mol. The molecule has 57 heavy (non-hydrogen) atoms. The van der Waals surface area contributed by atoms with Gasteiger partial charge >= 0.3 is 12.0 Å². The number of nitrogens with two attached hydrogens (primary N) is 1. The summed E-state index contributed by atoms with van der Waals surface area (Å²) in [6.45, 7) is 7.83. The second kappa shape index (κ2) is 13.8. The van der Waals surface area contributed by atoms with Gasteiger partial charge in [0.15, 0.2) is 5.82 Å². The first-order valence-corrected chi connectivity index (χ1v) is 20.2. The molecular formula is C38H37Cl2F3N10O3S. The molecule has 13 nitrogen and oxygen atoms in total. The van der Waals surface area contributed by atoms with E-state index in [1.165, 1.54) is 18.5 Å². The Balaban J connectivity index is 1.17. The molecule has 4 fully saturated rings. The summed E-state index contributed by atoms with van der Waals surface area (Å²) >= 11 is 13.8. The van der Waals surface area contributed by atoms with Crippen LogP contribution in [0, 0.1) is 28.9 Å². The van der Waals surface area contributed by atoms with Crippen molar-refractivity contribution >= 4 is 72.4 Å². The fraction of sp³-hybridized carbons (Fsp3) is 0.474. The van der Waals surface area contributed by atoms with Crippen molar-refractivity contribution in [2.45, 2.75) is 69.4 Å². The Labute approximate surface area is 339 Å². The van der Waals surface area contributed by atoms with E-state index in [-0.39, 0.29) is 97.3 Å². The van der Waals surface area contributed by atoms with Gasteiger partial charge in [0.25, 0.3) is 0 Å². The number of likely N-dealkylation sites (tertiary alicyclic amines) is 1. The van der Waals surface area contributed by atoms with Crippen LogP contribution in [0.3, 0.4) is 0 Å². The summed E-state index contributed by atoms with van der Waals surface area (Å²) in [6, 6.07) is 4.96. The van der Waals surface area contributed by atoms with E-state index in [9.17, 15) is 14.4 Å². The van der Waals surface area contributed by atoms with E-state index < -0.39 is 41.0 Å². The highest BCUT2D eigenvalue weighted by Gasteiger charge is 2.60. The maximum Gasteiger partial charge on any atom is 0.346 e. The van der Waals surface area contributed by atoms with Gasteiger partial charge in [-0.05, 0) is 61.5 Å². The topological polar surface area (TPSA) is 152 Å². The number of amides is 1. The van der Waals surface area contributed by atoms with Gasteiger partial charge in [0.2, 0.25) is 5.28 Å². The molecule has 2 N–H and O–H groups in total. The zero-order valence-corrected chi connectivity index (χ0v) is 33.4. The first-order valence-electron chi connectivity index (χ1n) is 18.7. The number of thiophene rings is 1. The largest absolute Gasteiger partial charge is 0.461 e. The van der Waals surface area contributed by atoms with Crippen LogP contribution in [0.4, 0.5) is 28.8 Å². The standard InChI is InChI=1S/C38H37Cl2F3N10O3S/c1-18(2)31-38(15-52(31)36(54)53-17-46-34(40)49-53)14-51(19(3)13-56-38)33-22-9-24(39)27(21-5-6-25(42)30-26(21)23(11-44)32(45)57-30)28(43)29(22)47-35(48-33)55-16-37-7-4-8-50(37)12-20(41)10-37/h5-6,9,17-20,31H,4,7-8,10,12-16,45H2,1-3H3/t19-,20-,31-,37+,38+/m1/s1. The third kappa shape index (κ3) is 5.97.